The van der Waals surface area contributed by atoms with E-state index >= 15 is 0 Å². The molecule has 0 aromatic heterocycles. The molecule has 0 radical (unpaired) electrons. The highest BCUT2D eigenvalue weighted by Gasteiger charge is 2.12. The highest BCUT2D eigenvalue weighted by molar-refractivity contribution is 5.57. The fourth-order valence-corrected chi connectivity index (χ4v) is 2.17. The van der Waals surface area contributed by atoms with E-state index in [4.69, 9.17) is 0 Å². The minimum atomic E-state index is 0.711. The Kier molecular flexibility index (Phi) is 4.68. The molecule has 2 aliphatic rings. The second kappa shape index (κ2) is 6.53. The minimum absolute atomic E-state index is 0.711. The summed E-state index contributed by atoms with van der Waals surface area (Å²) in [5, 5.41) is 6.80. The van der Waals surface area contributed by atoms with Gasteiger partial charge in [-0.25, -0.2) is 0 Å². The normalized spacial score (nSPS) is 28.8. The maximum Gasteiger partial charge on any atom is 0.108 e. The molecule has 0 bridgehead atoms. The van der Waals surface area contributed by atoms with Gasteiger partial charge in [-0.3, -0.25) is 4.99 Å². The van der Waals surface area contributed by atoms with E-state index in [1.54, 1.807) is 0 Å². The quantitative estimate of drug-likeness (QED) is 0.693. The second-order valence-electron chi connectivity index (χ2n) is 4.33. The van der Waals surface area contributed by atoms with Gasteiger partial charge in [-0.1, -0.05) is 0 Å². The predicted octanol–water partition coefficient (Wildman–Crippen LogP) is 0.925. The minimum Gasteiger partial charge on any atom is -0.359 e. The first-order valence-corrected chi connectivity index (χ1v) is 6.35. The van der Waals surface area contributed by atoms with Crippen LogP contribution in [0.15, 0.2) is 16.9 Å². The molecule has 16 heavy (non-hydrogen) atoms. The topological polar surface area (TPSA) is 39.7 Å². The van der Waals surface area contributed by atoms with Crippen LogP contribution in [0.25, 0.3) is 0 Å². The Balaban J connectivity index is 1.92. The first kappa shape index (κ1) is 11.5. The Hall–Kier alpha value is -1.03. The van der Waals surface area contributed by atoms with E-state index in [0.717, 1.165) is 19.5 Å². The third-order valence-electron chi connectivity index (χ3n) is 3.07. The molecular weight excluding hydrogens is 200 g/mol. The summed E-state index contributed by atoms with van der Waals surface area (Å²) in [6.45, 7) is 5.05. The number of rotatable bonds is 1. The van der Waals surface area contributed by atoms with Gasteiger partial charge in [-0.2, -0.15) is 0 Å². The molecule has 0 aliphatic carbocycles. The van der Waals surface area contributed by atoms with Gasteiger partial charge in [0.1, 0.15) is 6.67 Å². The van der Waals surface area contributed by atoms with Crippen molar-refractivity contribution in [1.29, 1.82) is 0 Å². The smallest absolute Gasteiger partial charge is 0.108 e. The molecule has 0 unspecified atom stereocenters. The number of hydrogen-bond donors (Lipinski definition) is 2. The third kappa shape index (κ3) is 3.52. The van der Waals surface area contributed by atoms with Crippen LogP contribution >= 0.6 is 0 Å². The first-order valence-electron chi connectivity index (χ1n) is 6.35. The van der Waals surface area contributed by atoms with Crippen molar-refractivity contribution >= 4 is 6.21 Å². The summed E-state index contributed by atoms with van der Waals surface area (Å²) in [5.74, 6) is 1.26. The summed E-state index contributed by atoms with van der Waals surface area (Å²) in [7, 11) is 0. The van der Waals surface area contributed by atoms with E-state index in [2.05, 4.69) is 26.6 Å². The van der Waals surface area contributed by atoms with E-state index < -0.39 is 0 Å². The van der Waals surface area contributed by atoms with Crippen molar-refractivity contribution < 1.29 is 0 Å². The maximum atomic E-state index is 4.33. The molecule has 90 valence electrons. The van der Waals surface area contributed by atoms with Crippen LogP contribution < -0.4 is 10.6 Å². The molecule has 2 N–H and O–H groups in total. The fraction of sp³-hybridized carbons (Fsp3) is 0.750. The lowest BCUT2D eigenvalue weighted by atomic mass is 10.1. The standard InChI is InChI=1S/C12H22N4/c1-2-9-16(10-3-1)12-5-8-13-6-4-7-14-11-15-12/h5,7,13,15H,1-4,6,8-11H2/b12-5-,14-7+. The Labute approximate surface area is 97.8 Å². The van der Waals surface area contributed by atoms with E-state index in [1.807, 2.05) is 6.21 Å². The largest absolute Gasteiger partial charge is 0.359 e. The van der Waals surface area contributed by atoms with Crippen molar-refractivity contribution in [3.05, 3.63) is 11.9 Å². The van der Waals surface area contributed by atoms with Gasteiger partial charge in [0, 0.05) is 32.4 Å². The molecule has 0 spiro atoms. The summed E-state index contributed by atoms with van der Waals surface area (Å²) in [4.78, 5) is 6.78. The zero-order valence-corrected chi connectivity index (χ0v) is 9.91. The number of aliphatic imine (C=N–C) groups is 1. The van der Waals surface area contributed by atoms with Crippen LogP contribution in [0.4, 0.5) is 0 Å². The molecule has 0 aromatic carbocycles. The van der Waals surface area contributed by atoms with Crippen LogP contribution in [0.2, 0.25) is 0 Å². The summed E-state index contributed by atoms with van der Waals surface area (Å²) in [6, 6.07) is 0. The van der Waals surface area contributed by atoms with Crippen LogP contribution in [0.3, 0.4) is 0 Å². The van der Waals surface area contributed by atoms with Gasteiger partial charge in [0.15, 0.2) is 0 Å². The average Bonchev–Trinajstić information content (AvgIpc) is 2.37. The van der Waals surface area contributed by atoms with Gasteiger partial charge in [0.25, 0.3) is 0 Å². The molecule has 2 rings (SSSR count). The SMILES string of the molecule is C1=C(\N2CCCCC2)NC/N=C/CCNC/1. The molecule has 1 fully saturated rings. The van der Waals surface area contributed by atoms with Crippen LogP contribution in [-0.2, 0) is 0 Å². The van der Waals surface area contributed by atoms with E-state index in [-0.39, 0.29) is 0 Å². The Morgan fingerprint density at radius 1 is 1.19 bits per heavy atom. The second-order valence-corrected chi connectivity index (χ2v) is 4.33. The zero-order valence-electron chi connectivity index (χ0n) is 9.91. The molecule has 4 heteroatoms. The van der Waals surface area contributed by atoms with Gasteiger partial charge >= 0.3 is 0 Å². The Morgan fingerprint density at radius 2 is 2.06 bits per heavy atom. The van der Waals surface area contributed by atoms with Crippen molar-refractivity contribution in [2.75, 3.05) is 32.8 Å². The predicted molar refractivity (Wildman–Crippen MR) is 67.5 cm³/mol. The molecule has 4 nitrogen and oxygen atoms in total. The molecule has 0 amide bonds. The fourth-order valence-electron chi connectivity index (χ4n) is 2.17. The number of hydrogen-bond acceptors (Lipinski definition) is 4. The summed E-state index contributed by atoms with van der Waals surface area (Å²) >= 11 is 0. The summed E-state index contributed by atoms with van der Waals surface area (Å²) in [6.07, 6.45) is 9.28. The number of likely N-dealkylation sites (tertiary alicyclic amines) is 1. The van der Waals surface area contributed by atoms with Crippen molar-refractivity contribution in [3.63, 3.8) is 0 Å². The van der Waals surface area contributed by atoms with Crippen LogP contribution in [-0.4, -0.2) is 44.0 Å². The number of nitrogens with zero attached hydrogens (tertiary/aromatic N) is 2. The maximum absolute atomic E-state index is 4.33. The highest BCUT2D eigenvalue weighted by atomic mass is 15.3. The zero-order chi connectivity index (χ0) is 11.1. The molecule has 2 aliphatic heterocycles. The van der Waals surface area contributed by atoms with Gasteiger partial charge in [0.2, 0.25) is 0 Å². The third-order valence-corrected chi connectivity index (χ3v) is 3.07. The summed E-state index contributed by atoms with van der Waals surface area (Å²) < 4.78 is 0. The number of nitrogens with one attached hydrogen (secondary N) is 2. The average molecular weight is 222 g/mol. The molecular formula is C12H22N4. The van der Waals surface area contributed by atoms with Crippen molar-refractivity contribution in [2.45, 2.75) is 25.7 Å². The van der Waals surface area contributed by atoms with E-state index in [9.17, 15) is 0 Å². The molecule has 0 aromatic rings. The number of piperidine rings is 1. The van der Waals surface area contributed by atoms with Crippen molar-refractivity contribution in [2.24, 2.45) is 4.99 Å². The van der Waals surface area contributed by atoms with E-state index in [1.165, 1.54) is 38.2 Å². The lowest BCUT2D eigenvalue weighted by molar-refractivity contribution is 0.267. The molecule has 1 saturated heterocycles. The van der Waals surface area contributed by atoms with Crippen LogP contribution in [0, 0.1) is 0 Å². The van der Waals surface area contributed by atoms with E-state index in [0.29, 0.717) is 6.67 Å². The monoisotopic (exact) mass is 222 g/mol. The first-order chi connectivity index (χ1) is 7.97. The molecule has 0 saturated carbocycles. The van der Waals surface area contributed by atoms with Crippen LogP contribution in [0.1, 0.15) is 25.7 Å². The van der Waals surface area contributed by atoms with Gasteiger partial charge in [0.05, 0.1) is 5.82 Å². The van der Waals surface area contributed by atoms with Crippen molar-refractivity contribution in [3.8, 4) is 0 Å². The van der Waals surface area contributed by atoms with Crippen molar-refractivity contribution in [1.82, 2.24) is 15.5 Å². The Bertz CT molecular complexity index is 254. The molecule has 0 atom stereocenters. The highest BCUT2D eigenvalue weighted by Crippen LogP contribution is 2.12. The summed E-state index contributed by atoms with van der Waals surface area (Å²) in [5.41, 5.74) is 0. The lowest BCUT2D eigenvalue weighted by Gasteiger charge is -2.31. The van der Waals surface area contributed by atoms with Gasteiger partial charge in [-0.05, 0) is 31.8 Å². The lowest BCUT2D eigenvalue weighted by Crippen LogP contribution is -2.37. The van der Waals surface area contributed by atoms with Gasteiger partial charge < -0.3 is 15.5 Å². The Morgan fingerprint density at radius 3 is 2.94 bits per heavy atom. The molecule has 2 heterocycles. The van der Waals surface area contributed by atoms with Crippen LogP contribution in [0.5, 0.6) is 0 Å². The van der Waals surface area contributed by atoms with Gasteiger partial charge in [-0.15, -0.1) is 0 Å².